The lowest BCUT2D eigenvalue weighted by atomic mass is 9.82. The highest BCUT2D eigenvalue weighted by atomic mass is 15.1. The zero-order valence-corrected chi connectivity index (χ0v) is 36.5. The molecule has 0 saturated heterocycles. The van der Waals surface area contributed by atoms with Crippen LogP contribution in [0.3, 0.4) is 0 Å². The Kier molecular flexibility index (Phi) is 10.4. The van der Waals surface area contributed by atoms with E-state index in [4.69, 9.17) is 0 Å². The zero-order valence-electron chi connectivity index (χ0n) is 36.5. The first kappa shape index (κ1) is 40.9. The van der Waals surface area contributed by atoms with E-state index in [1.165, 1.54) is 0 Å². The van der Waals surface area contributed by atoms with E-state index in [9.17, 15) is 21.0 Å². The highest BCUT2D eigenvalue weighted by molar-refractivity contribution is 6.22. The molecule has 8 heteroatoms. The van der Waals surface area contributed by atoms with Crippen LogP contribution in [-0.4, -0.2) is 12.1 Å². The van der Waals surface area contributed by atoms with Crippen LogP contribution in [0.4, 0.5) is 45.5 Å². The van der Waals surface area contributed by atoms with Gasteiger partial charge < -0.3 is 20.4 Å². The largest absolute Gasteiger partial charge is 0.374 e. The molecule has 318 valence electrons. The first-order valence-corrected chi connectivity index (χ1v) is 22.2. The van der Waals surface area contributed by atoms with Gasteiger partial charge in [-0.1, -0.05) is 109 Å². The van der Waals surface area contributed by atoms with Crippen molar-refractivity contribution in [3.8, 4) is 24.3 Å². The number of nitrogens with one attached hydrogen (secondary N) is 2. The maximum atomic E-state index is 10.2. The highest BCUT2D eigenvalue weighted by Crippen LogP contribution is 2.48. The summed E-state index contributed by atoms with van der Waals surface area (Å²) in [4.78, 5) is 4.50. The molecule has 1 aliphatic heterocycles. The Morgan fingerprint density at radius 2 is 0.588 bits per heavy atom. The Labute approximate surface area is 394 Å². The van der Waals surface area contributed by atoms with Gasteiger partial charge in [0, 0.05) is 44.9 Å². The van der Waals surface area contributed by atoms with Crippen LogP contribution in [0.5, 0.6) is 0 Å². The summed E-state index contributed by atoms with van der Waals surface area (Å²) in [6.45, 7) is 0. The van der Waals surface area contributed by atoms with Gasteiger partial charge in [0.25, 0.3) is 0 Å². The summed E-state index contributed by atoms with van der Waals surface area (Å²) in [6.07, 6.45) is 4.55. The molecule has 0 spiro atoms. The Morgan fingerprint density at radius 3 is 0.868 bits per heavy atom. The molecule has 2 atom stereocenters. The third kappa shape index (κ3) is 7.18. The number of benzene rings is 9. The van der Waals surface area contributed by atoms with E-state index in [-0.39, 0.29) is 34.3 Å². The Hall–Kier alpha value is -9.86. The van der Waals surface area contributed by atoms with E-state index in [1.807, 2.05) is 24.3 Å². The molecule has 8 nitrogen and oxygen atoms in total. The van der Waals surface area contributed by atoms with Crippen LogP contribution < -0.4 is 20.4 Å². The maximum Gasteiger partial charge on any atom is 0.101 e. The fraction of sp³-hybridized carbons (Fsp3) is 0.0333. The fourth-order valence-electron chi connectivity index (χ4n) is 9.63. The lowest BCUT2D eigenvalue weighted by Crippen LogP contribution is -2.42. The molecule has 1 aliphatic carbocycles. The summed E-state index contributed by atoms with van der Waals surface area (Å²) in [5.41, 5.74) is 12.9. The summed E-state index contributed by atoms with van der Waals surface area (Å²) in [5, 5.41) is 51.1. The van der Waals surface area contributed by atoms with E-state index in [1.54, 1.807) is 24.3 Å². The molecule has 9 aromatic carbocycles. The van der Waals surface area contributed by atoms with Crippen LogP contribution in [0.25, 0.3) is 32.7 Å². The number of hydrogen-bond donors (Lipinski definition) is 2. The molecule has 9 aromatic rings. The van der Waals surface area contributed by atoms with Gasteiger partial charge in [0.15, 0.2) is 0 Å². The van der Waals surface area contributed by atoms with Crippen LogP contribution in [0.2, 0.25) is 0 Å². The van der Waals surface area contributed by atoms with E-state index in [2.05, 4.69) is 202 Å². The van der Waals surface area contributed by atoms with Crippen molar-refractivity contribution in [3.63, 3.8) is 0 Å². The van der Waals surface area contributed by atoms with Crippen molar-refractivity contribution in [2.24, 2.45) is 0 Å². The molecule has 11 rings (SSSR count). The molecule has 0 saturated carbocycles. The van der Waals surface area contributed by atoms with Crippen molar-refractivity contribution in [1.29, 1.82) is 21.0 Å². The Bertz CT molecular complexity index is 3330. The number of para-hydroxylation sites is 4. The Balaban J connectivity index is 1.07. The number of nitriles is 4. The van der Waals surface area contributed by atoms with E-state index in [0.717, 1.165) is 78.5 Å². The molecule has 0 bridgehead atoms. The molecule has 2 unspecified atom stereocenters. The van der Waals surface area contributed by atoms with Gasteiger partial charge in [0.05, 0.1) is 45.7 Å². The standard InChI is InChI=1S/C60H38N8/c61-35-41-29-53-54-30-42(36-62)44(38-64)32-56(54)60-59(55(53)31-43(41)37-63)65-57-33-51(39-21-25-49(26-22-39)67(45-13-5-1-6-14-45)46-15-7-2-8-16-46)52(34-58(57)66-60)40-23-27-50(28-24-40)68(47-17-9-3-10-18-47)48-19-11-4-12-20-48/h1-34,57-58,65-66H. The second-order valence-corrected chi connectivity index (χ2v) is 16.7. The van der Waals surface area contributed by atoms with Gasteiger partial charge in [-0.15, -0.1) is 0 Å². The van der Waals surface area contributed by atoms with E-state index in [0.29, 0.717) is 10.8 Å². The molecule has 2 aliphatic rings. The van der Waals surface area contributed by atoms with Crippen molar-refractivity contribution in [2.75, 3.05) is 20.4 Å². The average Bonchev–Trinajstić information content (AvgIpc) is 3.41. The van der Waals surface area contributed by atoms with Crippen molar-refractivity contribution >= 4 is 78.2 Å². The minimum atomic E-state index is -0.257. The van der Waals surface area contributed by atoms with Crippen molar-refractivity contribution in [2.45, 2.75) is 12.1 Å². The van der Waals surface area contributed by atoms with Crippen LogP contribution in [-0.2, 0) is 0 Å². The number of allylic oxidation sites excluding steroid dienone is 2. The monoisotopic (exact) mass is 870 g/mol. The quantitative estimate of drug-likeness (QED) is 0.145. The summed E-state index contributed by atoms with van der Waals surface area (Å²) in [5.74, 6) is 0. The van der Waals surface area contributed by atoms with Gasteiger partial charge in [0.1, 0.15) is 24.3 Å². The third-order valence-electron chi connectivity index (χ3n) is 12.8. The molecule has 0 radical (unpaired) electrons. The van der Waals surface area contributed by atoms with Gasteiger partial charge in [-0.2, -0.15) is 21.0 Å². The molecule has 1 heterocycles. The van der Waals surface area contributed by atoms with Crippen LogP contribution in [0, 0.1) is 45.3 Å². The lowest BCUT2D eigenvalue weighted by molar-refractivity contribution is 0.772. The minimum Gasteiger partial charge on any atom is -0.374 e. The second kappa shape index (κ2) is 17.3. The molecule has 68 heavy (non-hydrogen) atoms. The number of nitrogens with zero attached hydrogens (tertiary/aromatic N) is 6. The van der Waals surface area contributed by atoms with Gasteiger partial charge in [0.2, 0.25) is 0 Å². The summed E-state index contributed by atoms with van der Waals surface area (Å²) in [7, 11) is 0. The molecular formula is C60H38N8. The number of fused-ring (bicyclic) bond motifs is 7. The van der Waals surface area contributed by atoms with E-state index < -0.39 is 0 Å². The number of rotatable bonds is 8. The minimum absolute atomic E-state index is 0.237. The SMILES string of the molecule is N#Cc1cc2c3c(c4cc(C#N)c(C#N)cc4c2cc1C#N)NC1C=C(c2ccc(N(c4ccccc4)c4ccccc4)cc2)C(c2ccc(N(c4ccccc4)c4ccccc4)cc2)=CC1N3. The first-order chi connectivity index (χ1) is 33.5. The van der Waals surface area contributed by atoms with Crippen LogP contribution >= 0.6 is 0 Å². The lowest BCUT2D eigenvalue weighted by Gasteiger charge is -2.38. The van der Waals surface area contributed by atoms with Gasteiger partial charge in [-0.05, 0) is 130 Å². The Morgan fingerprint density at radius 1 is 0.324 bits per heavy atom. The molecular weight excluding hydrogens is 833 g/mol. The van der Waals surface area contributed by atoms with Crippen LogP contribution in [0.15, 0.2) is 206 Å². The molecule has 0 amide bonds. The summed E-state index contributed by atoms with van der Waals surface area (Å²) < 4.78 is 0. The van der Waals surface area contributed by atoms with Crippen molar-refractivity contribution in [3.05, 3.63) is 240 Å². The maximum absolute atomic E-state index is 10.2. The molecule has 0 aromatic heterocycles. The van der Waals surface area contributed by atoms with Crippen molar-refractivity contribution in [1.82, 2.24) is 0 Å². The number of anilines is 8. The van der Waals surface area contributed by atoms with E-state index >= 15 is 0 Å². The highest BCUT2D eigenvalue weighted by Gasteiger charge is 2.33. The number of hydrogen-bond acceptors (Lipinski definition) is 8. The summed E-state index contributed by atoms with van der Waals surface area (Å²) in [6, 6.07) is 74.0. The second-order valence-electron chi connectivity index (χ2n) is 16.7. The first-order valence-electron chi connectivity index (χ1n) is 22.2. The van der Waals surface area contributed by atoms with Gasteiger partial charge in [-0.25, -0.2) is 0 Å². The van der Waals surface area contributed by atoms with Gasteiger partial charge in [-0.3, -0.25) is 0 Å². The molecule has 2 N–H and O–H groups in total. The normalized spacial score (nSPS) is 14.5. The average molecular weight is 871 g/mol. The van der Waals surface area contributed by atoms with Gasteiger partial charge >= 0.3 is 0 Å². The van der Waals surface area contributed by atoms with Crippen LogP contribution in [0.1, 0.15) is 33.4 Å². The zero-order chi connectivity index (χ0) is 46.1. The fourth-order valence-corrected chi connectivity index (χ4v) is 9.63. The summed E-state index contributed by atoms with van der Waals surface area (Å²) >= 11 is 0. The van der Waals surface area contributed by atoms with Crippen molar-refractivity contribution < 1.29 is 0 Å². The topological polar surface area (TPSA) is 126 Å². The smallest absolute Gasteiger partial charge is 0.101 e. The third-order valence-corrected chi connectivity index (χ3v) is 12.8. The predicted molar refractivity (Wildman–Crippen MR) is 273 cm³/mol. The predicted octanol–water partition coefficient (Wildman–Crippen LogP) is 14.2. The molecule has 0 fully saturated rings.